The normalized spacial score (nSPS) is 12.9. The van der Waals surface area contributed by atoms with Crippen molar-refractivity contribution in [2.45, 2.75) is 26.4 Å². The molecule has 1 aromatic rings. The van der Waals surface area contributed by atoms with Gasteiger partial charge in [-0.15, -0.1) is 24.8 Å². The molecule has 2 atom stereocenters. The van der Waals surface area contributed by atoms with Crippen LogP contribution in [0.1, 0.15) is 19.4 Å². The van der Waals surface area contributed by atoms with Crippen LogP contribution in [0.2, 0.25) is 0 Å². The maximum absolute atomic E-state index is 11.9. The molecule has 0 aliphatic carbocycles. The summed E-state index contributed by atoms with van der Waals surface area (Å²) in [6, 6.07) is -0.121. The number of nitrogens with zero attached hydrogens (tertiary/aromatic N) is 3. The van der Waals surface area contributed by atoms with Crippen LogP contribution in [0.3, 0.4) is 0 Å². The van der Waals surface area contributed by atoms with Gasteiger partial charge in [0.1, 0.15) is 0 Å². The van der Waals surface area contributed by atoms with Crippen molar-refractivity contribution in [3.05, 3.63) is 18.0 Å². The van der Waals surface area contributed by atoms with E-state index in [1.165, 1.54) is 0 Å². The Labute approximate surface area is 121 Å². The van der Waals surface area contributed by atoms with Crippen LogP contribution in [0, 0.1) is 5.92 Å². The molecule has 106 valence electrons. The summed E-state index contributed by atoms with van der Waals surface area (Å²) in [5.41, 5.74) is 6.73. The van der Waals surface area contributed by atoms with E-state index in [1.54, 1.807) is 22.8 Å². The number of carbonyl (C=O) groups is 1. The van der Waals surface area contributed by atoms with E-state index in [0.717, 1.165) is 5.56 Å². The highest BCUT2D eigenvalue weighted by molar-refractivity contribution is 5.85. The molecule has 0 saturated heterocycles. The molecule has 0 aliphatic heterocycles. The van der Waals surface area contributed by atoms with Gasteiger partial charge in [0, 0.05) is 38.4 Å². The van der Waals surface area contributed by atoms with Crippen LogP contribution in [0.5, 0.6) is 0 Å². The monoisotopic (exact) mass is 296 g/mol. The van der Waals surface area contributed by atoms with Crippen molar-refractivity contribution in [3.63, 3.8) is 0 Å². The average molecular weight is 297 g/mol. The molecule has 0 spiro atoms. The van der Waals surface area contributed by atoms with Gasteiger partial charge in [0.05, 0.1) is 12.1 Å². The van der Waals surface area contributed by atoms with Crippen LogP contribution in [-0.4, -0.2) is 33.7 Å². The van der Waals surface area contributed by atoms with Gasteiger partial charge in [-0.2, -0.15) is 5.10 Å². The SMILES string of the molecule is CC(N)C(C)C(=O)N(C)Cc1cnn(C)c1.Cl.Cl. The highest BCUT2D eigenvalue weighted by Crippen LogP contribution is 2.08. The number of rotatable bonds is 4. The minimum absolute atomic E-state index is 0. The van der Waals surface area contributed by atoms with E-state index in [-0.39, 0.29) is 42.7 Å². The number of carbonyl (C=O) groups excluding carboxylic acids is 1. The van der Waals surface area contributed by atoms with E-state index in [4.69, 9.17) is 5.73 Å². The van der Waals surface area contributed by atoms with E-state index in [9.17, 15) is 4.79 Å². The standard InChI is InChI=1S/C11H20N4O.2ClH/c1-8(9(2)12)11(16)14(3)6-10-5-13-15(4)7-10;;/h5,7-9H,6,12H2,1-4H3;2*1H. The number of aromatic nitrogens is 2. The first kappa shape index (κ1) is 19.6. The average Bonchev–Trinajstić information content (AvgIpc) is 2.61. The van der Waals surface area contributed by atoms with Gasteiger partial charge >= 0.3 is 0 Å². The Kier molecular flexibility index (Phi) is 9.07. The number of halogens is 2. The van der Waals surface area contributed by atoms with E-state index >= 15 is 0 Å². The lowest BCUT2D eigenvalue weighted by Crippen LogP contribution is -2.39. The second-order valence-electron chi connectivity index (χ2n) is 4.36. The molecule has 7 heteroatoms. The fourth-order valence-corrected chi connectivity index (χ4v) is 1.48. The Morgan fingerprint density at radius 2 is 2.06 bits per heavy atom. The summed E-state index contributed by atoms with van der Waals surface area (Å²) in [6.45, 7) is 4.27. The van der Waals surface area contributed by atoms with Crippen molar-refractivity contribution in [2.75, 3.05) is 7.05 Å². The predicted octanol–water partition coefficient (Wildman–Crippen LogP) is 1.21. The quantitative estimate of drug-likeness (QED) is 0.908. The maximum atomic E-state index is 11.9. The molecule has 2 unspecified atom stereocenters. The van der Waals surface area contributed by atoms with Crippen molar-refractivity contribution in [3.8, 4) is 0 Å². The third kappa shape index (κ3) is 5.25. The van der Waals surface area contributed by atoms with Gasteiger partial charge in [0.2, 0.25) is 5.91 Å². The lowest BCUT2D eigenvalue weighted by atomic mass is 10.0. The minimum Gasteiger partial charge on any atom is -0.341 e. The molecule has 2 N–H and O–H groups in total. The summed E-state index contributed by atoms with van der Waals surface area (Å²) >= 11 is 0. The highest BCUT2D eigenvalue weighted by atomic mass is 35.5. The number of amides is 1. The van der Waals surface area contributed by atoms with Crippen LogP contribution in [0.4, 0.5) is 0 Å². The number of aryl methyl sites for hydroxylation is 1. The van der Waals surface area contributed by atoms with Crippen molar-refractivity contribution in [1.82, 2.24) is 14.7 Å². The minimum atomic E-state index is -0.151. The molecule has 5 nitrogen and oxygen atoms in total. The first-order chi connectivity index (χ1) is 7.41. The molecule has 0 bridgehead atoms. The molecule has 0 fully saturated rings. The Balaban J connectivity index is 0. The topological polar surface area (TPSA) is 64.2 Å². The van der Waals surface area contributed by atoms with E-state index < -0.39 is 0 Å². The van der Waals surface area contributed by atoms with Gasteiger partial charge in [0.25, 0.3) is 0 Å². The first-order valence-electron chi connectivity index (χ1n) is 5.40. The molecule has 0 aromatic carbocycles. The molecule has 1 aromatic heterocycles. The van der Waals surface area contributed by atoms with Crippen LogP contribution in [-0.2, 0) is 18.4 Å². The highest BCUT2D eigenvalue weighted by Gasteiger charge is 2.20. The zero-order valence-corrected chi connectivity index (χ0v) is 12.8. The molecular formula is C11H22Cl2N4O. The fraction of sp³-hybridized carbons (Fsp3) is 0.636. The third-order valence-electron chi connectivity index (χ3n) is 2.73. The lowest BCUT2D eigenvalue weighted by molar-refractivity contribution is -0.134. The second kappa shape index (κ2) is 8.34. The second-order valence-corrected chi connectivity index (χ2v) is 4.36. The van der Waals surface area contributed by atoms with Crippen LogP contribution in [0.15, 0.2) is 12.4 Å². The molecule has 0 radical (unpaired) electrons. The van der Waals surface area contributed by atoms with Gasteiger partial charge in [-0.05, 0) is 6.92 Å². The lowest BCUT2D eigenvalue weighted by Gasteiger charge is -2.22. The summed E-state index contributed by atoms with van der Waals surface area (Å²) in [7, 11) is 3.64. The van der Waals surface area contributed by atoms with Gasteiger partial charge in [-0.3, -0.25) is 9.48 Å². The van der Waals surface area contributed by atoms with Crippen molar-refractivity contribution in [1.29, 1.82) is 0 Å². The Morgan fingerprint density at radius 3 is 2.44 bits per heavy atom. The smallest absolute Gasteiger partial charge is 0.226 e. The molecule has 18 heavy (non-hydrogen) atoms. The summed E-state index contributed by atoms with van der Waals surface area (Å²) in [6.07, 6.45) is 3.67. The third-order valence-corrected chi connectivity index (χ3v) is 2.73. The molecule has 1 amide bonds. The van der Waals surface area contributed by atoms with Crippen LogP contribution in [0.25, 0.3) is 0 Å². The number of nitrogens with two attached hydrogens (primary N) is 1. The first-order valence-corrected chi connectivity index (χ1v) is 5.40. The Bertz CT molecular complexity index is 368. The molecule has 1 heterocycles. The number of hydrogen-bond donors (Lipinski definition) is 1. The molecule has 0 aliphatic rings. The summed E-state index contributed by atoms with van der Waals surface area (Å²) < 4.78 is 1.72. The fourth-order valence-electron chi connectivity index (χ4n) is 1.48. The largest absolute Gasteiger partial charge is 0.341 e. The maximum Gasteiger partial charge on any atom is 0.226 e. The molecule has 0 saturated carbocycles. The Hall–Kier alpha value is -0.780. The van der Waals surface area contributed by atoms with Crippen molar-refractivity contribution in [2.24, 2.45) is 18.7 Å². The predicted molar refractivity (Wildman–Crippen MR) is 77.0 cm³/mol. The number of hydrogen-bond acceptors (Lipinski definition) is 3. The molecule has 1 rings (SSSR count). The van der Waals surface area contributed by atoms with Crippen LogP contribution < -0.4 is 5.73 Å². The van der Waals surface area contributed by atoms with Crippen molar-refractivity contribution >= 4 is 30.7 Å². The van der Waals surface area contributed by atoms with Gasteiger partial charge in [-0.1, -0.05) is 6.92 Å². The summed E-state index contributed by atoms with van der Waals surface area (Å²) in [5.74, 6) is -0.0828. The zero-order chi connectivity index (χ0) is 12.3. The van der Waals surface area contributed by atoms with Gasteiger partial charge in [0.15, 0.2) is 0 Å². The Morgan fingerprint density at radius 1 is 1.50 bits per heavy atom. The summed E-state index contributed by atoms with van der Waals surface area (Å²) in [5, 5.41) is 4.06. The van der Waals surface area contributed by atoms with Gasteiger partial charge < -0.3 is 10.6 Å². The van der Waals surface area contributed by atoms with Crippen molar-refractivity contribution < 1.29 is 4.79 Å². The van der Waals surface area contributed by atoms with Gasteiger partial charge in [-0.25, -0.2) is 0 Å². The van der Waals surface area contributed by atoms with E-state index in [2.05, 4.69) is 5.10 Å². The zero-order valence-electron chi connectivity index (χ0n) is 11.2. The van der Waals surface area contributed by atoms with E-state index in [1.807, 2.05) is 27.1 Å². The van der Waals surface area contributed by atoms with Crippen LogP contribution >= 0.6 is 24.8 Å². The van der Waals surface area contributed by atoms with E-state index in [0.29, 0.717) is 6.54 Å². The molecular weight excluding hydrogens is 275 g/mol. The summed E-state index contributed by atoms with van der Waals surface area (Å²) in [4.78, 5) is 13.6.